The molecule has 298 valence electrons. The van der Waals surface area contributed by atoms with Crippen LogP contribution in [0.25, 0.3) is 11.4 Å². The van der Waals surface area contributed by atoms with E-state index >= 15 is 0 Å². The van der Waals surface area contributed by atoms with Crippen LogP contribution in [0.1, 0.15) is 44.8 Å². The fourth-order valence-electron chi connectivity index (χ4n) is 7.35. The molecule has 2 aromatic heterocycles. The number of anilines is 1. The van der Waals surface area contributed by atoms with Crippen LogP contribution in [0, 0.1) is 10.1 Å². The highest BCUT2D eigenvalue weighted by atomic mass is 16.6. The Kier molecular flexibility index (Phi) is 11.8. The predicted octanol–water partition coefficient (Wildman–Crippen LogP) is 5.53. The summed E-state index contributed by atoms with van der Waals surface area (Å²) in [5.41, 5.74) is 16.1. The largest absolute Gasteiger partial charge is 0.396 e. The third kappa shape index (κ3) is 9.31. The lowest BCUT2D eigenvalue weighted by Crippen LogP contribution is -2.27. The summed E-state index contributed by atoms with van der Waals surface area (Å²) in [4.78, 5) is 44.6. The van der Waals surface area contributed by atoms with E-state index in [0.29, 0.717) is 43.2 Å². The molecular weight excluding hydrogens is 733 g/mol. The number of amides is 2. The molecule has 2 aliphatic heterocycles. The number of nitro groups is 1. The van der Waals surface area contributed by atoms with E-state index in [2.05, 4.69) is 70.5 Å². The fourth-order valence-corrected chi connectivity index (χ4v) is 7.35. The number of nitrogens with two attached hydrogens (primary N) is 1. The standard InChI is InChI=1S/C22H23N5O3.C22H25N5O/c1-24(2)12-16-8-9-17-13-25(14-18(17)10-16)22(28)11-20-21(27(29)30)15-26(23-20)19-6-4-3-5-7-19;1-25(2)12-16-8-9-17-13-26(14-18(17)10-16)22(28)11-21-20(23)15-27(24-21)19-6-4-3-5-7-19/h3-10,15H,11-14H2,1-2H3;3-10,15H,11-14,23H2,1-2H3. The zero-order valence-electron chi connectivity index (χ0n) is 33.3. The summed E-state index contributed by atoms with van der Waals surface area (Å²) < 4.78 is 3.18. The average molecular weight is 781 g/mol. The Bertz CT molecular complexity index is 2420. The minimum atomic E-state index is -0.485. The zero-order valence-corrected chi connectivity index (χ0v) is 33.3. The maximum absolute atomic E-state index is 12.9. The molecule has 2 amide bonds. The molecule has 14 nitrogen and oxygen atoms in total. The summed E-state index contributed by atoms with van der Waals surface area (Å²) >= 11 is 0. The highest BCUT2D eigenvalue weighted by Crippen LogP contribution is 2.28. The van der Waals surface area contributed by atoms with Crippen molar-refractivity contribution in [3.05, 3.63) is 164 Å². The van der Waals surface area contributed by atoms with Crippen molar-refractivity contribution in [2.75, 3.05) is 33.9 Å². The number of hydrogen-bond acceptors (Lipinski definition) is 9. The lowest BCUT2D eigenvalue weighted by atomic mass is 10.1. The number of nitrogen functional groups attached to an aromatic ring is 1. The van der Waals surface area contributed by atoms with E-state index in [0.717, 1.165) is 29.9 Å². The van der Waals surface area contributed by atoms with Gasteiger partial charge in [-0.1, -0.05) is 72.8 Å². The van der Waals surface area contributed by atoms with Crippen molar-refractivity contribution in [3.8, 4) is 11.4 Å². The number of aromatic nitrogens is 4. The molecule has 8 rings (SSSR count). The second-order valence-corrected chi connectivity index (χ2v) is 15.3. The normalized spacial score (nSPS) is 13.1. The molecule has 0 bridgehead atoms. The first-order chi connectivity index (χ1) is 27.9. The Hall–Kier alpha value is -6.64. The van der Waals surface area contributed by atoms with Gasteiger partial charge in [0.2, 0.25) is 11.8 Å². The number of fused-ring (bicyclic) bond motifs is 2. The molecule has 0 spiro atoms. The van der Waals surface area contributed by atoms with Crippen LogP contribution in [0.5, 0.6) is 0 Å². The smallest absolute Gasteiger partial charge is 0.311 e. The minimum Gasteiger partial charge on any atom is -0.396 e. The van der Waals surface area contributed by atoms with Crippen LogP contribution in [0.2, 0.25) is 0 Å². The highest BCUT2D eigenvalue weighted by Gasteiger charge is 2.29. The number of para-hydroxylation sites is 2. The van der Waals surface area contributed by atoms with Gasteiger partial charge < -0.3 is 25.3 Å². The first-order valence-corrected chi connectivity index (χ1v) is 19.1. The maximum atomic E-state index is 12.9. The van der Waals surface area contributed by atoms with E-state index in [4.69, 9.17) is 5.73 Å². The van der Waals surface area contributed by atoms with Crippen LogP contribution in [0.4, 0.5) is 11.4 Å². The van der Waals surface area contributed by atoms with Crippen LogP contribution in [-0.2, 0) is 61.7 Å². The summed E-state index contributed by atoms with van der Waals surface area (Å²) in [6.07, 6.45) is 3.24. The van der Waals surface area contributed by atoms with Crippen LogP contribution in [0.15, 0.2) is 109 Å². The molecule has 6 aromatic rings. The SMILES string of the molecule is CN(C)Cc1ccc2c(c1)CN(C(=O)Cc1nn(-c3ccccc3)cc1N)C2.CN(C)Cc1ccc2c(c1)CN(C(=O)Cc1nn(-c3ccccc3)cc1[N+](=O)[O-])C2. The monoisotopic (exact) mass is 780 g/mol. The van der Waals surface area contributed by atoms with Crippen LogP contribution in [0.3, 0.4) is 0 Å². The number of carbonyl (C=O) groups is 2. The van der Waals surface area contributed by atoms with E-state index in [9.17, 15) is 19.7 Å². The molecule has 0 saturated carbocycles. The Morgan fingerprint density at radius 1 is 0.638 bits per heavy atom. The van der Waals surface area contributed by atoms with Crippen molar-refractivity contribution >= 4 is 23.2 Å². The van der Waals surface area contributed by atoms with Crippen molar-refractivity contribution in [1.29, 1.82) is 0 Å². The van der Waals surface area contributed by atoms with Crippen molar-refractivity contribution < 1.29 is 14.5 Å². The molecule has 14 heteroatoms. The van der Waals surface area contributed by atoms with Gasteiger partial charge in [-0.15, -0.1) is 0 Å². The second kappa shape index (κ2) is 17.2. The van der Waals surface area contributed by atoms with Crippen molar-refractivity contribution in [3.63, 3.8) is 0 Å². The Morgan fingerprint density at radius 3 is 1.53 bits per heavy atom. The molecule has 2 N–H and O–H groups in total. The lowest BCUT2D eigenvalue weighted by molar-refractivity contribution is -0.385. The van der Waals surface area contributed by atoms with Gasteiger partial charge in [-0.25, -0.2) is 9.36 Å². The van der Waals surface area contributed by atoms with Crippen molar-refractivity contribution in [2.24, 2.45) is 0 Å². The molecule has 4 aromatic carbocycles. The first-order valence-electron chi connectivity index (χ1n) is 19.1. The van der Waals surface area contributed by atoms with Gasteiger partial charge in [-0.2, -0.15) is 10.2 Å². The topological polar surface area (TPSA) is 152 Å². The van der Waals surface area contributed by atoms with Gasteiger partial charge >= 0.3 is 5.69 Å². The van der Waals surface area contributed by atoms with Crippen molar-refractivity contribution in [2.45, 2.75) is 52.1 Å². The predicted molar refractivity (Wildman–Crippen MR) is 222 cm³/mol. The third-order valence-electron chi connectivity index (χ3n) is 10.2. The van der Waals surface area contributed by atoms with E-state index in [1.165, 1.54) is 33.1 Å². The number of hydrogen-bond donors (Lipinski definition) is 1. The van der Waals surface area contributed by atoms with E-state index in [-0.39, 0.29) is 36.0 Å². The number of benzene rings is 4. The van der Waals surface area contributed by atoms with Gasteiger partial charge in [0.15, 0.2) is 0 Å². The van der Waals surface area contributed by atoms with E-state index in [1.807, 2.05) is 79.7 Å². The van der Waals surface area contributed by atoms with E-state index in [1.54, 1.807) is 15.8 Å². The van der Waals surface area contributed by atoms with Gasteiger partial charge in [0.25, 0.3) is 0 Å². The second-order valence-electron chi connectivity index (χ2n) is 15.3. The average Bonchev–Trinajstić information content (AvgIpc) is 4.00. The Morgan fingerprint density at radius 2 is 1.07 bits per heavy atom. The molecular formula is C44H48N10O4. The van der Waals surface area contributed by atoms with Crippen LogP contribution in [-0.4, -0.2) is 84.1 Å². The molecule has 4 heterocycles. The molecule has 0 aliphatic carbocycles. The molecule has 58 heavy (non-hydrogen) atoms. The van der Waals surface area contributed by atoms with Crippen LogP contribution >= 0.6 is 0 Å². The lowest BCUT2D eigenvalue weighted by Gasteiger charge is -2.14. The van der Waals surface area contributed by atoms with Gasteiger partial charge in [0.1, 0.15) is 11.9 Å². The summed E-state index contributed by atoms with van der Waals surface area (Å²) in [6, 6.07) is 31.7. The summed E-state index contributed by atoms with van der Waals surface area (Å²) in [5, 5.41) is 20.4. The summed E-state index contributed by atoms with van der Waals surface area (Å²) in [6.45, 7) is 4.07. The van der Waals surface area contributed by atoms with E-state index < -0.39 is 4.92 Å². The maximum Gasteiger partial charge on any atom is 0.311 e. The molecule has 2 aliphatic rings. The summed E-state index contributed by atoms with van der Waals surface area (Å²) in [5.74, 6) is -0.114. The Balaban J connectivity index is 0.000000177. The summed E-state index contributed by atoms with van der Waals surface area (Å²) in [7, 11) is 8.15. The quantitative estimate of drug-likeness (QED) is 0.132. The Labute approximate surface area is 337 Å². The van der Waals surface area contributed by atoms with Gasteiger partial charge in [0.05, 0.1) is 46.7 Å². The molecule has 0 fully saturated rings. The molecule has 0 atom stereocenters. The van der Waals surface area contributed by atoms with Gasteiger partial charge in [-0.3, -0.25) is 19.7 Å². The van der Waals surface area contributed by atoms with Crippen LogP contribution < -0.4 is 5.73 Å². The zero-order chi connectivity index (χ0) is 40.9. The molecule has 0 unspecified atom stereocenters. The number of carbonyl (C=O) groups excluding carboxylic acids is 2. The molecule has 0 saturated heterocycles. The van der Waals surface area contributed by atoms with Gasteiger partial charge in [0, 0.05) is 39.3 Å². The number of rotatable bonds is 11. The number of nitrogens with zero attached hydrogens (tertiary/aromatic N) is 9. The highest BCUT2D eigenvalue weighted by molar-refractivity contribution is 5.81. The third-order valence-corrected chi connectivity index (χ3v) is 10.2. The van der Waals surface area contributed by atoms with Gasteiger partial charge in [-0.05, 0) is 85.8 Å². The fraction of sp³-hybridized carbons (Fsp3) is 0.273. The van der Waals surface area contributed by atoms with Crippen molar-refractivity contribution in [1.82, 2.24) is 39.2 Å². The molecule has 0 radical (unpaired) electrons. The minimum absolute atomic E-state index is 0.0513. The first kappa shape index (κ1) is 39.6.